The Morgan fingerprint density at radius 3 is 2.74 bits per heavy atom. The molecular formula is C15H21F2NO. The van der Waals surface area contributed by atoms with E-state index in [1.54, 1.807) is 0 Å². The molecule has 0 aromatic heterocycles. The Hall–Kier alpha value is -1.00. The second-order valence-corrected chi connectivity index (χ2v) is 6.02. The predicted molar refractivity (Wildman–Crippen MR) is 70.7 cm³/mol. The molecule has 1 aromatic rings. The van der Waals surface area contributed by atoms with Crippen molar-refractivity contribution < 1.29 is 13.9 Å². The van der Waals surface area contributed by atoms with Crippen LogP contribution in [0.15, 0.2) is 18.2 Å². The van der Waals surface area contributed by atoms with Gasteiger partial charge in [-0.3, -0.25) is 0 Å². The molecule has 0 saturated heterocycles. The molecule has 1 aliphatic rings. The third kappa shape index (κ3) is 3.31. The molecule has 19 heavy (non-hydrogen) atoms. The first-order valence-electron chi connectivity index (χ1n) is 6.76. The second-order valence-electron chi connectivity index (χ2n) is 6.02. The van der Waals surface area contributed by atoms with Gasteiger partial charge in [0.2, 0.25) is 0 Å². The summed E-state index contributed by atoms with van der Waals surface area (Å²) < 4.78 is 26.3. The standard InChI is InChI=1S/C15H21F2NO/c1-15(2)7-3-4-14(15)18-9-13(19)11-6-5-10(16)8-12(11)17/h5-6,8,13-14,18-19H,3-4,7,9H2,1-2H3. The molecule has 1 aliphatic carbocycles. The van der Waals surface area contributed by atoms with Gasteiger partial charge >= 0.3 is 0 Å². The fourth-order valence-corrected chi connectivity index (χ4v) is 2.84. The van der Waals surface area contributed by atoms with Gasteiger partial charge < -0.3 is 10.4 Å². The zero-order chi connectivity index (χ0) is 14.0. The van der Waals surface area contributed by atoms with Crippen LogP contribution in [0.4, 0.5) is 8.78 Å². The maximum Gasteiger partial charge on any atom is 0.131 e. The number of hydrogen-bond acceptors (Lipinski definition) is 2. The summed E-state index contributed by atoms with van der Waals surface area (Å²) in [4.78, 5) is 0. The van der Waals surface area contributed by atoms with Crippen molar-refractivity contribution in [3.63, 3.8) is 0 Å². The maximum atomic E-state index is 13.5. The Labute approximate surface area is 112 Å². The van der Waals surface area contributed by atoms with Crippen LogP contribution in [0, 0.1) is 17.0 Å². The van der Waals surface area contributed by atoms with Gasteiger partial charge in [0.25, 0.3) is 0 Å². The molecular weight excluding hydrogens is 248 g/mol. The predicted octanol–water partition coefficient (Wildman–Crippen LogP) is 3.17. The average molecular weight is 269 g/mol. The van der Waals surface area contributed by atoms with Gasteiger partial charge in [-0.2, -0.15) is 0 Å². The van der Waals surface area contributed by atoms with Gasteiger partial charge in [0.1, 0.15) is 11.6 Å². The molecule has 2 atom stereocenters. The number of hydrogen-bond donors (Lipinski definition) is 2. The molecule has 0 amide bonds. The van der Waals surface area contributed by atoms with Crippen molar-refractivity contribution in [3.8, 4) is 0 Å². The van der Waals surface area contributed by atoms with E-state index < -0.39 is 17.7 Å². The average Bonchev–Trinajstić information content (AvgIpc) is 2.65. The summed E-state index contributed by atoms with van der Waals surface area (Å²) in [5.74, 6) is -1.32. The van der Waals surface area contributed by atoms with Crippen molar-refractivity contribution in [1.29, 1.82) is 0 Å². The quantitative estimate of drug-likeness (QED) is 0.880. The van der Waals surface area contributed by atoms with Crippen molar-refractivity contribution in [2.75, 3.05) is 6.54 Å². The van der Waals surface area contributed by atoms with E-state index in [1.807, 2.05) is 0 Å². The van der Waals surface area contributed by atoms with E-state index in [1.165, 1.54) is 18.6 Å². The lowest BCUT2D eigenvalue weighted by atomic mass is 9.87. The number of benzene rings is 1. The van der Waals surface area contributed by atoms with Crippen LogP contribution in [0.3, 0.4) is 0 Å². The highest BCUT2D eigenvalue weighted by molar-refractivity contribution is 5.21. The summed E-state index contributed by atoms with van der Waals surface area (Å²) in [6.45, 7) is 4.68. The van der Waals surface area contributed by atoms with Crippen LogP contribution in [-0.2, 0) is 0 Å². The van der Waals surface area contributed by atoms with Crippen LogP contribution in [0.1, 0.15) is 44.8 Å². The number of rotatable bonds is 4. The first-order chi connectivity index (χ1) is 8.90. The number of aliphatic hydroxyl groups excluding tert-OH is 1. The summed E-state index contributed by atoms with van der Waals surface area (Å²) in [5.41, 5.74) is 0.353. The van der Waals surface area contributed by atoms with Gasteiger partial charge in [0.15, 0.2) is 0 Å². The highest BCUT2D eigenvalue weighted by Gasteiger charge is 2.34. The fourth-order valence-electron chi connectivity index (χ4n) is 2.84. The molecule has 1 aromatic carbocycles. The monoisotopic (exact) mass is 269 g/mol. The number of nitrogens with one attached hydrogen (secondary N) is 1. The van der Waals surface area contributed by atoms with Crippen LogP contribution in [-0.4, -0.2) is 17.7 Å². The van der Waals surface area contributed by atoms with Crippen molar-refractivity contribution in [2.24, 2.45) is 5.41 Å². The molecule has 0 heterocycles. The van der Waals surface area contributed by atoms with Crippen molar-refractivity contribution >= 4 is 0 Å². The molecule has 0 aliphatic heterocycles. The van der Waals surface area contributed by atoms with Crippen molar-refractivity contribution in [1.82, 2.24) is 5.32 Å². The summed E-state index contributed by atoms with van der Waals surface area (Å²) >= 11 is 0. The van der Waals surface area contributed by atoms with E-state index in [4.69, 9.17) is 0 Å². The molecule has 2 unspecified atom stereocenters. The Kier molecular flexibility index (Phi) is 4.21. The zero-order valence-electron chi connectivity index (χ0n) is 11.4. The van der Waals surface area contributed by atoms with E-state index in [0.717, 1.165) is 18.9 Å². The molecule has 106 valence electrons. The minimum absolute atomic E-state index is 0.143. The van der Waals surface area contributed by atoms with Crippen molar-refractivity contribution in [3.05, 3.63) is 35.4 Å². The molecule has 2 rings (SSSR count). The molecule has 1 saturated carbocycles. The minimum atomic E-state index is -0.947. The van der Waals surface area contributed by atoms with Gasteiger partial charge in [-0.05, 0) is 24.3 Å². The Morgan fingerprint density at radius 2 is 2.16 bits per heavy atom. The molecule has 2 nitrogen and oxygen atoms in total. The fraction of sp³-hybridized carbons (Fsp3) is 0.600. The smallest absolute Gasteiger partial charge is 0.131 e. The van der Waals surface area contributed by atoms with Crippen LogP contribution in [0.5, 0.6) is 0 Å². The van der Waals surface area contributed by atoms with Gasteiger partial charge in [0.05, 0.1) is 6.10 Å². The summed E-state index contributed by atoms with van der Waals surface area (Å²) in [6.07, 6.45) is 2.46. The molecule has 0 spiro atoms. The first kappa shape index (κ1) is 14.4. The topological polar surface area (TPSA) is 32.3 Å². The summed E-state index contributed by atoms with van der Waals surface area (Å²) in [7, 11) is 0. The SMILES string of the molecule is CC1(C)CCCC1NCC(O)c1ccc(F)cc1F. The van der Waals surface area contributed by atoms with Crippen LogP contribution >= 0.6 is 0 Å². The van der Waals surface area contributed by atoms with E-state index in [2.05, 4.69) is 19.2 Å². The number of halogens is 2. The summed E-state index contributed by atoms with van der Waals surface area (Å²) in [5, 5.41) is 13.3. The molecule has 0 bridgehead atoms. The Balaban J connectivity index is 1.96. The summed E-state index contributed by atoms with van der Waals surface area (Å²) in [6, 6.07) is 3.61. The van der Waals surface area contributed by atoms with Gasteiger partial charge in [-0.1, -0.05) is 26.3 Å². The third-order valence-electron chi connectivity index (χ3n) is 4.14. The highest BCUT2D eigenvalue weighted by atomic mass is 19.1. The minimum Gasteiger partial charge on any atom is -0.387 e. The third-order valence-corrected chi connectivity index (χ3v) is 4.14. The van der Waals surface area contributed by atoms with Gasteiger partial charge in [-0.25, -0.2) is 8.78 Å². The van der Waals surface area contributed by atoms with E-state index >= 15 is 0 Å². The Morgan fingerprint density at radius 1 is 1.42 bits per heavy atom. The zero-order valence-corrected chi connectivity index (χ0v) is 11.4. The molecule has 4 heteroatoms. The van der Waals surface area contributed by atoms with Gasteiger partial charge in [-0.15, -0.1) is 0 Å². The van der Waals surface area contributed by atoms with Crippen LogP contribution < -0.4 is 5.32 Å². The van der Waals surface area contributed by atoms with Crippen molar-refractivity contribution in [2.45, 2.75) is 45.3 Å². The van der Waals surface area contributed by atoms with Crippen LogP contribution in [0.2, 0.25) is 0 Å². The van der Waals surface area contributed by atoms with E-state index in [0.29, 0.717) is 6.04 Å². The molecule has 0 radical (unpaired) electrons. The largest absolute Gasteiger partial charge is 0.387 e. The highest BCUT2D eigenvalue weighted by Crippen LogP contribution is 2.37. The maximum absolute atomic E-state index is 13.5. The molecule has 2 N–H and O–H groups in total. The molecule has 1 fully saturated rings. The van der Waals surface area contributed by atoms with Crippen LogP contribution in [0.25, 0.3) is 0 Å². The lowest BCUT2D eigenvalue weighted by molar-refractivity contribution is 0.154. The Bertz CT molecular complexity index is 448. The lowest BCUT2D eigenvalue weighted by Crippen LogP contribution is -2.39. The van der Waals surface area contributed by atoms with E-state index in [9.17, 15) is 13.9 Å². The van der Waals surface area contributed by atoms with Gasteiger partial charge in [0, 0.05) is 24.2 Å². The first-order valence-corrected chi connectivity index (χ1v) is 6.76. The normalized spacial score (nSPS) is 23.5. The number of aliphatic hydroxyl groups is 1. The van der Waals surface area contributed by atoms with E-state index in [-0.39, 0.29) is 17.5 Å². The second kappa shape index (κ2) is 5.55. The lowest BCUT2D eigenvalue weighted by Gasteiger charge is -2.29.